The fourth-order valence-electron chi connectivity index (χ4n) is 4.78. The van der Waals surface area contributed by atoms with Crippen molar-refractivity contribution < 1.29 is 22.7 Å². The summed E-state index contributed by atoms with van der Waals surface area (Å²) in [4.78, 5) is 20.2. The zero-order valence-corrected chi connectivity index (χ0v) is 20.7. The highest BCUT2D eigenvalue weighted by Gasteiger charge is 2.42. The zero-order valence-electron chi connectivity index (χ0n) is 20.7. The van der Waals surface area contributed by atoms with Gasteiger partial charge in [0.15, 0.2) is 0 Å². The quantitative estimate of drug-likeness (QED) is 0.511. The summed E-state index contributed by atoms with van der Waals surface area (Å²) < 4.78 is 47.2. The van der Waals surface area contributed by atoms with Gasteiger partial charge in [-0.05, 0) is 36.3 Å². The third-order valence-corrected chi connectivity index (χ3v) is 6.76. The minimum Gasteiger partial charge on any atom is -0.378 e. The summed E-state index contributed by atoms with van der Waals surface area (Å²) in [5.41, 5.74) is 1.09. The number of likely N-dealkylation sites (tertiary alicyclic amines) is 1. The molecule has 2 atom stereocenters. The smallest absolute Gasteiger partial charge is 0.319 e. The number of anilines is 1. The van der Waals surface area contributed by atoms with Crippen LogP contribution in [0.5, 0.6) is 0 Å². The van der Waals surface area contributed by atoms with E-state index in [1.807, 2.05) is 18.2 Å². The number of amides is 2. The molecule has 2 aromatic carbocycles. The molecule has 4 rings (SSSR count). The molecule has 6 nitrogen and oxygen atoms in total. The number of benzene rings is 2. The van der Waals surface area contributed by atoms with Crippen LogP contribution in [-0.2, 0) is 10.3 Å². The number of ether oxygens (including phenoxy) is 1. The van der Waals surface area contributed by atoms with Gasteiger partial charge in [-0.1, -0.05) is 24.3 Å². The molecule has 3 aromatic rings. The van der Waals surface area contributed by atoms with Crippen LogP contribution < -0.4 is 10.9 Å². The summed E-state index contributed by atoms with van der Waals surface area (Å²) in [6.07, 6.45) is -2.30. The predicted octanol–water partition coefficient (Wildman–Crippen LogP) is 4.51. The SMILES string of the molecule is [B]c1cc(N[C@H](C)c2cccc(C(F)F)c2F)c2cc([C@@]3(OC)CCN(C(=O)N(C)C)C3)ccc2n1. The topological polar surface area (TPSA) is 57.7 Å². The molecule has 1 N–H and O–H groups in total. The summed E-state index contributed by atoms with van der Waals surface area (Å²) in [7, 11) is 11.1. The maximum atomic E-state index is 14.8. The second-order valence-electron chi connectivity index (χ2n) is 9.29. The van der Waals surface area contributed by atoms with E-state index < -0.39 is 29.4 Å². The van der Waals surface area contributed by atoms with Crippen LogP contribution in [0, 0.1) is 5.82 Å². The van der Waals surface area contributed by atoms with Crippen molar-refractivity contribution in [2.45, 2.75) is 31.4 Å². The molecular weight excluding hydrogens is 468 g/mol. The van der Waals surface area contributed by atoms with Crippen molar-refractivity contribution in [3.05, 3.63) is 65.0 Å². The van der Waals surface area contributed by atoms with Crippen LogP contribution in [0.25, 0.3) is 10.9 Å². The molecule has 0 aliphatic carbocycles. The number of carbonyl (C=O) groups is 1. The molecular formula is C26H28BF3N4O2. The van der Waals surface area contributed by atoms with E-state index in [0.29, 0.717) is 36.1 Å². The Balaban J connectivity index is 1.72. The molecule has 2 amide bonds. The van der Waals surface area contributed by atoms with Gasteiger partial charge in [0.25, 0.3) is 6.43 Å². The lowest BCUT2D eigenvalue weighted by Gasteiger charge is -2.30. The number of aromatic nitrogens is 1. The summed E-state index contributed by atoms with van der Waals surface area (Å²) in [6, 6.07) is 10.5. The van der Waals surface area contributed by atoms with Crippen LogP contribution in [-0.4, -0.2) is 63.0 Å². The third-order valence-electron chi connectivity index (χ3n) is 6.76. The molecule has 0 saturated carbocycles. The molecule has 10 heteroatoms. The van der Waals surface area contributed by atoms with E-state index >= 15 is 0 Å². The van der Waals surface area contributed by atoms with Crippen molar-refractivity contribution in [2.75, 3.05) is 39.6 Å². The number of fused-ring (bicyclic) bond motifs is 1. The normalized spacial score (nSPS) is 18.6. The number of carbonyl (C=O) groups excluding carboxylic acids is 1. The van der Waals surface area contributed by atoms with Crippen molar-refractivity contribution >= 4 is 36.1 Å². The van der Waals surface area contributed by atoms with Gasteiger partial charge < -0.3 is 19.9 Å². The van der Waals surface area contributed by atoms with Crippen LogP contribution in [0.15, 0.2) is 42.5 Å². The number of methoxy groups -OCH3 is 1. The molecule has 1 aliphatic rings. The Morgan fingerprint density at radius 1 is 1.22 bits per heavy atom. The lowest BCUT2D eigenvalue weighted by molar-refractivity contribution is -0.00377. The van der Waals surface area contributed by atoms with Crippen molar-refractivity contribution in [3.8, 4) is 0 Å². The first kappa shape index (κ1) is 25.8. The van der Waals surface area contributed by atoms with Crippen LogP contribution in [0.1, 0.15) is 42.5 Å². The van der Waals surface area contributed by atoms with E-state index in [-0.39, 0.29) is 17.2 Å². The van der Waals surface area contributed by atoms with Gasteiger partial charge in [-0.2, -0.15) is 0 Å². The molecule has 0 spiro atoms. The molecule has 2 radical (unpaired) electrons. The number of alkyl halides is 2. The number of rotatable bonds is 6. The van der Waals surface area contributed by atoms with Crippen molar-refractivity contribution in [1.82, 2.24) is 14.8 Å². The third kappa shape index (κ3) is 4.74. The largest absolute Gasteiger partial charge is 0.378 e. The van der Waals surface area contributed by atoms with Crippen LogP contribution in [0.2, 0.25) is 0 Å². The van der Waals surface area contributed by atoms with Gasteiger partial charge >= 0.3 is 6.03 Å². The van der Waals surface area contributed by atoms with Crippen molar-refractivity contribution in [3.63, 3.8) is 0 Å². The van der Waals surface area contributed by atoms with E-state index in [1.165, 1.54) is 17.0 Å². The highest BCUT2D eigenvalue weighted by Crippen LogP contribution is 2.38. The van der Waals surface area contributed by atoms with E-state index in [0.717, 1.165) is 11.6 Å². The first-order valence-electron chi connectivity index (χ1n) is 11.6. The summed E-state index contributed by atoms with van der Waals surface area (Å²) in [5.74, 6) is -0.936. The van der Waals surface area contributed by atoms with E-state index in [9.17, 15) is 18.0 Å². The Kier molecular flexibility index (Phi) is 7.18. The molecule has 1 aromatic heterocycles. The number of hydrogen-bond acceptors (Lipinski definition) is 4. The summed E-state index contributed by atoms with van der Waals surface area (Å²) >= 11 is 0. The molecule has 0 bridgehead atoms. The average molecular weight is 496 g/mol. The molecule has 1 aliphatic heterocycles. The number of nitrogens with one attached hydrogen (secondary N) is 1. The average Bonchev–Trinajstić information content (AvgIpc) is 3.29. The summed E-state index contributed by atoms with van der Waals surface area (Å²) in [5, 5.41) is 3.94. The van der Waals surface area contributed by atoms with Crippen molar-refractivity contribution in [1.29, 1.82) is 0 Å². The highest BCUT2D eigenvalue weighted by molar-refractivity contribution is 6.31. The molecule has 1 saturated heterocycles. The van der Waals surface area contributed by atoms with E-state index in [2.05, 4.69) is 10.3 Å². The molecule has 188 valence electrons. The Hall–Kier alpha value is -3.27. The fraction of sp³-hybridized carbons (Fsp3) is 0.385. The maximum absolute atomic E-state index is 14.8. The minimum atomic E-state index is -2.91. The lowest BCUT2D eigenvalue weighted by atomic mass is 9.90. The first-order valence-corrected chi connectivity index (χ1v) is 11.6. The summed E-state index contributed by atoms with van der Waals surface area (Å²) in [6.45, 7) is 2.63. The second kappa shape index (κ2) is 10.0. The van der Waals surface area contributed by atoms with Gasteiger partial charge in [0.1, 0.15) is 19.3 Å². The number of hydrogen-bond donors (Lipinski definition) is 1. The Bertz CT molecular complexity index is 1290. The minimum absolute atomic E-state index is 0.0895. The van der Waals surface area contributed by atoms with Gasteiger partial charge in [0, 0.05) is 50.8 Å². The zero-order chi connectivity index (χ0) is 26.2. The Morgan fingerprint density at radius 2 is 1.94 bits per heavy atom. The lowest BCUT2D eigenvalue weighted by Crippen LogP contribution is -2.40. The van der Waals surface area contributed by atoms with Gasteiger partial charge in [0.2, 0.25) is 0 Å². The monoisotopic (exact) mass is 496 g/mol. The number of halogens is 3. The fourth-order valence-corrected chi connectivity index (χ4v) is 4.78. The standard InChI is InChI=1S/C26H28BF3N4O2/c1-15(17-6-5-7-18(23(17)28)24(29)30)31-21-13-22(27)32-20-9-8-16(12-19(20)21)26(36-4)10-11-34(14-26)25(35)33(2)3/h5-9,12-13,15,24H,10-11,14H2,1-4H3,(H,31,32)/t15-,26-/m1/s1. The van der Waals surface area contributed by atoms with Gasteiger partial charge in [-0.15, -0.1) is 0 Å². The maximum Gasteiger partial charge on any atom is 0.319 e. The van der Waals surface area contributed by atoms with Gasteiger partial charge in [-0.3, -0.25) is 4.98 Å². The molecule has 36 heavy (non-hydrogen) atoms. The van der Waals surface area contributed by atoms with Gasteiger partial charge in [0.05, 0.1) is 23.7 Å². The van der Waals surface area contributed by atoms with Crippen LogP contribution in [0.4, 0.5) is 23.7 Å². The Labute approximate surface area is 209 Å². The molecule has 0 unspecified atom stereocenters. The highest BCUT2D eigenvalue weighted by atomic mass is 19.3. The second-order valence-corrected chi connectivity index (χ2v) is 9.29. The Morgan fingerprint density at radius 3 is 2.61 bits per heavy atom. The number of nitrogens with zero attached hydrogens (tertiary/aromatic N) is 3. The van der Waals surface area contributed by atoms with E-state index in [4.69, 9.17) is 12.6 Å². The van der Waals surface area contributed by atoms with Crippen LogP contribution >= 0.6 is 0 Å². The van der Waals surface area contributed by atoms with Gasteiger partial charge in [-0.25, -0.2) is 18.0 Å². The predicted molar refractivity (Wildman–Crippen MR) is 134 cm³/mol. The first-order chi connectivity index (χ1) is 17.1. The van der Waals surface area contributed by atoms with Crippen LogP contribution in [0.3, 0.4) is 0 Å². The number of pyridine rings is 1. The molecule has 2 heterocycles. The van der Waals surface area contributed by atoms with E-state index in [1.54, 1.807) is 39.1 Å². The number of urea groups is 1. The molecule has 1 fully saturated rings. The van der Waals surface area contributed by atoms with Crippen molar-refractivity contribution in [2.24, 2.45) is 0 Å².